The van der Waals surface area contributed by atoms with E-state index in [1.807, 2.05) is 6.92 Å². The first-order chi connectivity index (χ1) is 15.6. The van der Waals surface area contributed by atoms with Crippen molar-refractivity contribution in [1.29, 1.82) is 0 Å². The lowest BCUT2D eigenvalue weighted by molar-refractivity contribution is -0.149. The van der Waals surface area contributed by atoms with Gasteiger partial charge in [0, 0.05) is 26.9 Å². The number of nitrogens with two attached hydrogens (primary N) is 1. The van der Waals surface area contributed by atoms with Gasteiger partial charge in [-0.3, -0.25) is 9.79 Å². The SMILES string of the molecule is CN=C(N)NC[C@H]1C[C@@H]([C@H](O)C[C@@H](CCc2ccc(O)c(OC)c2)OC(C)=O)C[C@@H](O)[C@@H]1C. The van der Waals surface area contributed by atoms with Gasteiger partial charge in [0.25, 0.3) is 0 Å². The number of hydrogen-bond donors (Lipinski definition) is 5. The fraction of sp³-hybridized carbons (Fsp3) is 0.667. The first-order valence-electron chi connectivity index (χ1n) is 11.5. The van der Waals surface area contributed by atoms with E-state index in [4.69, 9.17) is 15.2 Å². The molecule has 0 aliphatic heterocycles. The summed E-state index contributed by atoms with van der Waals surface area (Å²) in [5, 5.41) is 34.4. The van der Waals surface area contributed by atoms with E-state index in [0.29, 0.717) is 43.9 Å². The second kappa shape index (κ2) is 12.6. The van der Waals surface area contributed by atoms with Gasteiger partial charge in [-0.25, -0.2) is 0 Å². The number of ether oxygens (including phenoxy) is 2. The zero-order valence-corrected chi connectivity index (χ0v) is 20.0. The Hall–Kier alpha value is -2.52. The number of aliphatic hydroxyl groups is 2. The predicted molar refractivity (Wildman–Crippen MR) is 126 cm³/mol. The Morgan fingerprint density at radius 3 is 2.73 bits per heavy atom. The monoisotopic (exact) mass is 465 g/mol. The second-order valence-corrected chi connectivity index (χ2v) is 8.99. The number of aryl methyl sites for hydroxylation is 1. The lowest BCUT2D eigenvalue weighted by Gasteiger charge is -2.40. The Bertz CT molecular complexity index is 802. The molecule has 0 aromatic heterocycles. The van der Waals surface area contributed by atoms with Crippen molar-refractivity contribution >= 4 is 11.9 Å². The van der Waals surface area contributed by atoms with E-state index in [0.717, 1.165) is 12.0 Å². The van der Waals surface area contributed by atoms with Gasteiger partial charge in [-0.1, -0.05) is 13.0 Å². The van der Waals surface area contributed by atoms with Crippen LogP contribution in [0, 0.1) is 17.8 Å². The van der Waals surface area contributed by atoms with E-state index in [-0.39, 0.29) is 23.5 Å². The van der Waals surface area contributed by atoms with Gasteiger partial charge in [0.2, 0.25) is 0 Å². The summed E-state index contributed by atoms with van der Waals surface area (Å²) in [5.74, 6) is 0.480. The number of carbonyl (C=O) groups excluding carboxylic acids is 1. The highest BCUT2D eigenvalue weighted by Crippen LogP contribution is 2.37. The number of rotatable bonds is 10. The lowest BCUT2D eigenvalue weighted by atomic mass is 9.70. The molecule has 0 amide bonds. The van der Waals surface area contributed by atoms with Crippen LogP contribution in [0.15, 0.2) is 23.2 Å². The summed E-state index contributed by atoms with van der Waals surface area (Å²) < 4.78 is 10.6. The molecule has 6 N–H and O–H groups in total. The summed E-state index contributed by atoms with van der Waals surface area (Å²) in [6.07, 6.45) is 0.918. The minimum absolute atomic E-state index is 0.0642. The minimum atomic E-state index is -0.717. The number of phenolic OH excluding ortho intramolecular Hbond substituents is 1. The van der Waals surface area contributed by atoms with E-state index in [2.05, 4.69) is 10.3 Å². The van der Waals surface area contributed by atoms with Crippen LogP contribution in [0.3, 0.4) is 0 Å². The van der Waals surface area contributed by atoms with Crippen LogP contribution in [0.25, 0.3) is 0 Å². The molecule has 0 radical (unpaired) electrons. The standard InChI is InChI=1S/C24H39N3O6/c1-14-18(13-27-24(25)26-3)10-17(11-21(14)30)22(31)12-19(33-15(2)28)7-5-16-6-8-20(29)23(9-16)32-4/h6,8-9,14,17-19,21-22,29-31H,5,7,10-13H2,1-4H3,(H3,25,26,27)/t14-,17-,18-,19-,21-,22-/m1/s1. The minimum Gasteiger partial charge on any atom is -0.504 e. The third-order valence-electron chi connectivity index (χ3n) is 6.67. The number of hydrogen-bond acceptors (Lipinski definition) is 7. The highest BCUT2D eigenvalue weighted by molar-refractivity contribution is 5.77. The highest BCUT2D eigenvalue weighted by Gasteiger charge is 2.37. The fourth-order valence-electron chi connectivity index (χ4n) is 4.56. The number of aromatic hydroxyl groups is 1. The van der Waals surface area contributed by atoms with Crippen molar-refractivity contribution in [2.75, 3.05) is 20.7 Å². The number of guanidine groups is 1. The van der Waals surface area contributed by atoms with Crippen LogP contribution >= 0.6 is 0 Å². The summed E-state index contributed by atoms with van der Waals surface area (Å²) in [7, 11) is 3.10. The molecular weight excluding hydrogens is 426 g/mol. The van der Waals surface area contributed by atoms with Gasteiger partial charge in [0.15, 0.2) is 17.5 Å². The fourth-order valence-corrected chi connectivity index (χ4v) is 4.56. The van der Waals surface area contributed by atoms with Gasteiger partial charge in [0.1, 0.15) is 6.10 Å². The van der Waals surface area contributed by atoms with Gasteiger partial charge >= 0.3 is 5.97 Å². The van der Waals surface area contributed by atoms with Crippen LogP contribution in [0.2, 0.25) is 0 Å². The third-order valence-corrected chi connectivity index (χ3v) is 6.67. The summed E-state index contributed by atoms with van der Waals surface area (Å²) in [5.41, 5.74) is 6.67. The number of aliphatic imine (C=N–C) groups is 1. The van der Waals surface area contributed by atoms with Gasteiger partial charge in [0.05, 0.1) is 19.3 Å². The molecule has 1 aliphatic carbocycles. The second-order valence-electron chi connectivity index (χ2n) is 8.99. The molecule has 0 saturated heterocycles. The van der Waals surface area contributed by atoms with Crippen molar-refractivity contribution in [3.05, 3.63) is 23.8 Å². The zero-order chi connectivity index (χ0) is 24.5. The largest absolute Gasteiger partial charge is 0.504 e. The maximum Gasteiger partial charge on any atom is 0.302 e. The Morgan fingerprint density at radius 1 is 1.36 bits per heavy atom. The number of phenols is 1. The van der Waals surface area contributed by atoms with E-state index >= 15 is 0 Å². The Balaban J connectivity index is 2.01. The van der Waals surface area contributed by atoms with Crippen LogP contribution in [-0.2, 0) is 16.0 Å². The molecule has 1 aliphatic rings. The molecule has 2 rings (SSSR count). The molecule has 33 heavy (non-hydrogen) atoms. The maximum atomic E-state index is 11.7. The molecule has 1 aromatic rings. The number of methoxy groups -OCH3 is 1. The van der Waals surface area contributed by atoms with Crippen molar-refractivity contribution in [3.63, 3.8) is 0 Å². The molecule has 6 atom stereocenters. The number of nitrogens with one attached hydrogen (secondary N) is 1. The van der Waals surface area contributed by atoms with Crippen molar-refractivity contribution in [3.8, 4) is 11.5 Å². The molecule has 9 heteroatoms. The molecule has 9 nitrogen and oxygen atoms in total. The molecule has 0 heterocycles. The third kappa shape index (κ3) is 8.08. The van der Waals surface area contributed by atoms with E-state index in [1.54, 1.807) is 25.2 Å². The number of nitrogens with zero attached hydrogens (tertiary/aromatic N) is 1. The zero-order valence-electron chi connectivity index (χ0n) is 20.0. The van der Waals surface area contributed by atoms with Gasteiger partial charge in [-0.05, 0) is 61.1 Å². The number of esters is 1. The van der Waals surface area contributed by atoms with Gasteiger partial charge in [-0.15, -0.1) is 0 Å². The topological polar surface area (TPSA) is 147 Å². The molecule has 0 spiro atoms. The van der Waals surface area contributed by atoms with Crippen molar-refractivity contribution in [1.82, 2.24) is 5.32 Å². The van der Waals surface area contributed by atoms with Crippen LogP contribution in [-0.4, -0.2) is 66.3 Å². The smallest absolute Gasteiger partial charge is 0.302 e. The molecule has 1 aromatic carbocycles. The maximum absolute atomic E-state index is 11.7. The summed E-state index contributed by atoms with van der Waals surface area (Å²) in [6.45, 7) is 3.93. The summed E-state index contributed by atoms with van der Waals surface area (Å²) >= 11 is 0. The quantitative estimate of drug-likeness (QED) is 0.199. The molecule has 1 saturated carbocycles. The number of benzene rings is 1. The summed E-state index contributed by atoms with van der Waals surface area (Å²) in [6, 6.07) is 5.11. The molecule has 0 unspecified atom stereocenters. The van der Waals surface area contributed by atoms with Crippen LogP contribution in [0.5, 0.6) is 11.5 Å². The van der Waals surface area contributed by atoms with E-state index < -0.39 is 24.3 Å². The predicted octanol–water partition coefficient (Wildman–Crippen LogP) is 1.57. The molecular formula is C24H39N3O6. The van der Waals surface area contributed by atoms with Crippen molar-refractivity contribution in [2.45, 2.75) is 64.3 Å². The Morgan fingerprint density at radius 2 is 2.09 bits per heavy atom. The molecule has 0 bridgehead atoms. The summed E-state index contributed by atoms with van der Waals surface area (Å²) in [4.78, 5) is 15.6. The first-order valence-corrected chi connectivity index (χ1v) is 11.5. The number of aliphatic hydroxyl groups excluding tert-OH is 2. The Labute approximate surface area is 196 Å². The molecule has 1 fully saturated rings. The van der Waals surface area contributed by atoms with Gasteiger partial charge in [-0.2, -0.15) is 0 Å². The van der Waals surface area contributed by atoms with Crippen molar-refractivity contribution < 1.29 is 29.6 Å². The average Bonchev–Trinajstić information content (AvgIpc) is 2.78. The van der Waals surface area contributed by atoms with Gasteiger partial charge < -0.3 is 35.8 Å². The van der Waals surface area contributed by atoms with Crippen molar-refractivity contribution in [2.24, 2.45) is 28.5 Å². The lowest BCUT2D eigenvalue weighted by Crippen LogP contribution is -2.45. The normalized spacial score (nSPS) is 25.2. The molecule has 186 valence electrons. The van der Waals surface area contributed by atoms with Crippen LogP contribution < -0.4 is 15.8 Å². The van der Waals surface area contributed by atoms with E-state index in [9.17, 15) is 20.1 Å². The highest BCUT2D eigenvalue weighted by atomic mass is 16.5. The Kier molecular flexibility index (Phi) is 10.2. The first kappa shape index (κ1) is 26.7. The van der Waals surface area contributed by atoms with Crippen LogP contribution in [0.4, 0.5) is 0 Å². The average molecular weight is 466 g/mol. The van der Waals surface area contributed by atoms with Crippen LogP contribution in [0.1, 0.15) is 45.1 Å². The number of carbonyl (C=O) groups is 1. The van der Waals surface area contributed by atoms with E-state index in [1.165, 1.54) is 14.0 Å².